The summed E-state index contributed by atoms with van der Waals surface area (Å²) >= 11 is 2.27. The predicted molar refractivity (Wildman–Crippen MR) is 108 cm³/mol. The summed E-state index contributed by atoms with van der Waals surface area (Å²) in [5.74, 6) is 0.668. The van der Waals surface area contributed by atoms with Gasteiger partial charge in [0.25, 0.3) is 0 Å². The van der Waals surface area contributed by atoms with Crippen LogP contribution >= 0.6 is 23.5 Å². The molecule has 0 spiro atoms. The van der Waals surface area contributed by atoms with Gasteiger partial charge >= 0.3 is 0 Å². The maximum Gasteiger partial charge on any atom is 0.190 e. The Labute approximate surface area is 156 Å². The lowest BCUT2D eigenvalue weighted by molar-refractivity contribution is -0.109. The highest BCUT2D eigenvalue weighted by atomic mass is 32.2. The average molecular weight is 373 g/mol. The van der Waals surface area contributed by atoms with E-state index >= 15 is 0 Å². The van der Waals surface area contributed by atoms with Crippen molar-refractivity contribution in [1.29, 1.82) is 0 Å². The molecule has 0 aliphatic heterocycles. The van der Waals surface area contributed by atoms with Crippen LogP contribution in [0, 0.1) is 6.92 Å². The molecule has 0 saturated carbocycles. The van der Waals surface area contributed by atoms with E-state index in [1.54, 1.807) is 7.11 Å². The second-order valence-corrected chi connectivity index (χ2v) is 7.74. The maximum absolute atomic E-state index is 11.9. The molecule has 0 saturated heterocycles. The van der Waals surface area contributed by atoms with Crippen molar-refractivity contribution in [2.45, 2.75) is 20.8 Å². The molecule has 130 valence electrons. The molecule has 3 nitrogen and oxygen atoms in total. The van der Waals surface area contributed by atoms with Gasteiger partial charge in [0, 0.05) is 29.2 Å². The molecule has 2 rings (SSSR count). The molecule has 0 aromatic heterocycles. The Morgan fingerprint density at radius 3 is 1.80 bits per heavy atom. The molecule has 0 aliphatic carbocycles. The van der Waals surface area contributed by atoms with Crippen LogP contribution in [0.25, 0.3) is 9.81 Å². The zero-order valence-corrected chi connectivity index (χ0v) is 16.3. The van der Waals surface area contributed by atoms with Gasteiger partial charge in [-0.1, -0.05) is 66.0 Å². The minimum Gasteiger partial charge on any atom is -0.496 e. The molecule has 5 heteroatoms. The Kier molecular flexibility index (Phi) is 6.91. The Morgan fingerprint density at radius 2 is 1.28 bits per heavy atom. The van der Waals surface area contributed by atoms with Crippen LogP contribution < -0.4 is 4.74 Å². The largest absolute Gasteiger partial charge is 0.496 e. The van der Waals surface area contributed by atoms with Crippen molar-refractivity contribution in [2.75, 3.05) is 7.11 Å². The Morgan fingerprint density at radius 1 is 0.800 bits per heavy atom. The van der Waals surface area contributed by atoms with Crippen LogP contribution in [0.5, 0.6) is 5.75 Å². The molecule has 0 unspecified atom stereocenters. The van der Waals surface area contributed by atoms with Gasteiger partial charge < -0.3 is 4.74 Å². The van der Waals surface area contributed by atoms with Crippen LogP contribution in [0.1, 0.15) is 30.5 Å². The van der Waals surface area contributed by atoms with E-state index in [4.69, 9.17) is 4.74 Å². The fraction of sp³-hybridized carbons (Fsp3) is 0.200. The van der Waals surface area contributed by atoms with Gasteiger partial charge in [-0.3, -0.25) is 9.59 Å². The molecule has 0 fully saturated rings. The normalized spacial score (nSPS) is 11.7. The van der Waals surface area contributed by atoms with E-state index in [0.717, 1.165) is 50.0 Å². The first-order chi connectivity index (χ1) is 11.9. The highest BCUT2D eigenvalue weighted by Crippen LogP contribution is 2.45. The van der Waals surface area contributed by atoms with Gasteiger partial charge in [0.05, 0.1) is 7.11 Å². The van der Waals surface area contributed by atoms with Crippen molar-refractivity contribution in [1.82, 2.24) is 0 Å². The summed E-state index contributed by atoms with van der Waals surface area (Å²) < 4.78 is 5.48. The van der Waals surface area contributed by atoms with Crippen LogP contribution in [0.3, 0.4) is 0 Å². The number of carbonyl (C=O) groups is 2. The number of methoxy groups -OCH3 is 1. The lowest BCUT2D eigenvalue weighted by Gasteiger charge is -2.17. The van der Waals surface area contributed by atoms with Crippen molar-refractivity contribution >= 4 is 43.6 Å². The van der Waals surface area contributed by atoms with Crippen LogP contribution in [-0.4, -0.2) is 17.3 Å². The highest BCUT2D eigenvalue weighted by Gasteiger charge is 2.20. The molecule has 0 N–H and O–H groups in total. The number of benzene rings is 2. The van der Waals surface area contributed by atoms with Gasteiger partial charge in [-0.05, 0) is 24.1 Å². The number of aryl methyl sites for hydroxylation is 1. The van der Waals surface area contributed by atoms with Gasteiger partial charge in [-0.25, -0.2) is 0 Å². The summed E-state index contributed by atoms with van der Waals surface area (Å²) in [6.07, 6.45) is 0. The highest BCUT2D eigenvalue weighted by molar-refractivity contribution is 8.26. The van der Waals surface area contributed by atoms with Crippen molar-refractivity contribution in [2.24, 2.45) is 0 Å². The molecule has 0 heterocycles. The first-order valence-corrected chi connectivity index (χ1v) is 9.37. The number of ether oxygens (including phenoxy) is 1. The van der Waals surface area contributed by atoms with Crippen molar-refractivity contribution in [3.05, 3.63) is 65.2 Å². The van der Waals surface area contributed by atoms with Crippen LogP contribution in [0.2, 0.25) is 0 Å². The van der Waals surface area contributed by atoms with E-state index in [9.17, 15) is 9.59 Å². The van der Waals surface area contributed by atoms with Gasteiger partial charge in [0.15, 0.2) is 10.2 Å². The molecule has 25 heavy (non-hydrogen) atoms. The van der Waals surface area contributed by atoms with E-state index in [0.29, 0.717) is 5.75 Å². The standard InChI is InChI=1S/C20H20O3S2/c1-13-9-5-6-10-16(13)19(24-14(2)21)20(25-15(3)22)17-11-7-8-12-18(17)23-4/h5-12H,1-4H3/b20-19+. The number of carbonyl (C=O) groups excluding carboxylic acids is 2. The molecule has 0 atom stereocenters. The Bertz CT molecular complexity index is 825. The Balaban J connectivity index is 2.80. The molecule has 2 aromatic rings. The summed E-state index contributed by atoms with van der Waals surface area (Å²) in [5.41, 5.74) is 2.79. The first kappa shape index (κ1) is 19.3. The second-order valence-electron chi connectivity index (χ2n) is 5.36. The second kappa shape index (κ2) is 8.92. The average Bonchev–Trinajstić information content (AvgIpc) is 2.58. The Hall–Kier alpha value is -1.98. The quantitative estimate of drug-likeness (QED) is 0.659. The van der Waals surface area contributed by atoms with Crippen LogP contribution in [0.15, 0.2) is 48.5 Å². The summed E-state index contributed by atoms with van der Waals surface area (Å²) in [6.45, 7) is 5.05. The third-order valence-corrected chi connectivity index (χ3v) is 5.40. The monoisotopic (exact) mass is 372 g/mol. The SMILES string of the molecule is COc1ccccc1/C(SC(C)=O)=C(\SC(C)=O)c1ccccc1C. The van der Waals surface area contributed by atoms with Gasteiger partial charge in [0.1, 0.15) is 5.75 Å². The topological polar surface area (TPSA) is 43.4 Å². The maximum atomic E-state index is 11.9. The number of rotatable bonds is 5. The molecule has 0 amide bonds. The number of para-hydroxylation sites is 1. The zero-order chi connectivity index (χ0) is 18.4. The summed E-state index contributed by atoms with van der Waals surface area (Å²) in [4.78, 5) is 25.4. The third-order valence-electron chi connectivity index (χ3n) is 3.44. The van der Waals surface area contributed by atoms with E-state index in [1.807, 2.05) is 55.5 Å². The van der Waals surface area contributed by atoms with E-state index in [1.165, 1.54) is 13.8 Å². The lowest BCUT2D eigenvalue weighted by Crippen LogP contribution is -1.97. The minimum absolute atomic E-state index is 0.0326. The van der Waals surface area contributed by atoms with Gasteiger partial charge in [-0.15, -0.1) is 0 Å². The van der Waals surface area contributed by atoms with Crippen LogP contribution in [0.4, 0.5) is 0 Å². The molecular formula is C20H20O3S2. The fourth-order valence-corrected chi connectivity index (χ4v) is 4.24. The first-order valence-electron chi connectivity index (χ1n) is 7.74. The summed E-state index contributed by atoms with van der Waals surface area (Å²) in [5, 5.41) is -0.0778. The van der Waals surface area contributed by atoms with Crippen molar-refractivity contribution in [3.63, 3.8) is 0 Å². The molecule has 0 bridgehead atoms. The van der Waals surface area contributed by atoms with Gasteiger partial charge in [-0.2, -0.15) is 0 Å². The van der Waals surface area contributed by atoms with E-state index < -0.39 is 0 Å². The van der Waals surface area contributed by atoms with E-state index in [2.05, 4.69) is 0 Å². The zero-order valence-electron chi connectivity index (χ0n) is 14.7. The summed E-state index contributed by atoms with van der Waals surface area (Å²) in [7, 11) is 1.60. The van der Waals surface area contributed by atoms with E-state index in [-0.39, 0.29) is 10.2 Å². The lowest BCUT2D eigenvalue weighted by atomic mass is 10.1. The fourth-order valence-electron chi connectivity index (χ4n) is 2.39. The number of hydrogen-bond donors (Lipinski definition) is 0. The molecule has 0 radical (unpaired) electrons. The van der Waals surface area contributed by atoms with Gasteiger partial charge in [0.2, 0.25) is 0 Å². The molecule has 2 aromatic carbocycles. The van der Waals surface area contributed by atoms with Crippen molar-refractivity contribution < 1.29 is 14.3 Å². The molecular weight excluding hydrogens is 352 g/mol. The number of hydrogen-bond acceptors (Lipinski definition) is 5. The summed E-state index contributed by atoms with van der Waals surface area (Å²) in [6, 6.07) is 15.4. The van der Waals surface area contributed by atoms with Crippen LogP contribution in [-0.2, 0) is 9.59 Å². The molecule has 0 aliphatic rings. The third kappa shape index (κ3) is 5.00. The predicted octanol–water partition coefficient (Wildman–Crippen LogP) is 5.39. The minimum atomic E-state index is -0.0452. The van der Waals surface area contributed by atoms with Crippen molar-refractivity contribution in [3.8, 4) is 5.75 Å². The number of thioether (sulfide) groups is 2. The smallest absolute Gasteiger partial charge is 0.190 e.